The summed E-state index contributed by atoms with van der Waals surface area (Å²) in [5, 5.41) is 4.72. The zero-order chi connectivity index (χ0) is 18.0. The van der Waals surface area contributed by atoms with Gasteiger partial charge in [0.25, 0.3) is 5.91 Å². The number of carbonyl (C=O) groups is 1. The molecule has 0 fully saturated rings. The van der Waals surface area contributed by atoms with Crippen LogP contribution in [0.25, 0.3) is 0 Å². The van der Waals surface area contributed by atoms with E-state index in [1.165, 1.54) is 11.3 Å². The lowest BCUT2D eigenvalue weighted by Crippen LogP contribution is -2.12. The number of hydrogen-bond acceptors (Lipinski definition) is 3. The number of hydrogen-bond donors (Lipinski definition) is 1. The molecular formula is C18H13BrCl2N2OS. The highest BCUT2D eigenvalue weighted by Gasteiger charge is 2.15. The normalized spacial score (nSPS) is 10.7. The first-order valence-electron chi connectivity index (χ1n) is 7.40. The Kier molecular flexibility index (Phi) is 5.79. The molecule has 3 nitrogen and oxygen atoms in total. The molecule has 1 heterocycles. The zero-order valence-electron chi connectivity index (χ0n) is 13.1. The fraction of sp³-hybridized carbons (Fsp3) is 0.111. The third kappa shape index (κ3) is 4.42. The quantitative estimate of drug-likeness (QED) is 0.496. The van der Waals surface area contributed by atoms with Crippen LogP contribution in [-0.2, 0) is 6.42 Å². The summed E-state index contributed by atoms with van der Waals surface area (Å²) < 4.78 is 0.742. The minimum Gasteiger partial charge on any atom is -0.298 e. The first-order chi connectivity index (χ1) is 11.9. The van der Waals surface area contributed by atoms with E-state index in [-0.39, 0.29) is 5.91 Å². The molecule has 0 spiro atoms. The molecule has 0 aliphatic rings. The van der Waals surface area contributed by atoms with Gasteiger partial charge in [0.05, 0.1) is 11.3 Å². The Morgan fingerprint density at radius 2 is 2.00 bits per heavy atom. The number of rotatable bonds is 4. The molecule has 25 heavy (non-hydrogen) atoms. The van der Waals surface area contributed by atoms with Crippen LogP contribution in [0.5, 0.6) is 0 Å². The van der Waals surface area contributed by atoms with Crippen LogP contribution in [0.3, 0.4) is 0 Å². The highest BCUT2D eigenvalue weighted by Crippen LogP contribution is 2.29. The van der Waals surface area contributed by atoms with Crippen LogP contribution in [0.1, 0.15) is 26.5 Å². The van der Waals surface area contributed by atoms with Crippen molar-refractivity contribution in [2.75, 3.05) is 5.32 Å². The lowest BCUT2D eigenvalue weighted by molar-refractivity contribution is 0.102. The van der Waals surface area contributed by atoms with E-state index in [9.17, 15) is 4.79 Å². The molecule has 1 N–H and O–H groups in total. The second-order valence-corrected chi connectivity index (χ2v) is 8.16. The molecule has 3 aromatic rings. The van der Waals surface area contributed by atoms with E-state index in [1.807, 2.05) is 31.2 Å². The molecule has 0 atom stereocenters. The third-order valence-corrected chi connectivity index (χ3v) is 5.96. The van der Waals surface area contributed by atoms with Gasteiger partial charge >= 0.3 is 0 Å². The van der Waals surface area contributed by atoms with Gasteiger partial charge in [0, 0.05) is 25.8 Å². The van der Waals surface area contributed by atoms with Crippen molar-refractivity contribution in [3.8, 4) is 0 Å². The smallest absolute Gasteiger partial charge is 0.258 e. The van der Waals surface area contributed by atoms with E-state index in [0.29, 0.717) is 27.2 Å². The highest BCUT2D eigenvalue weighted by molar-refractivity contribution is 9.10. The van der Waals surface area contributed by atoms with Crippen LogP contribution in [0, 0.1) is 6.92 Å². The number of aryl methyl sites for hydroxylation is 1. The monoisotopic (exact) mass is 454 g/mol. The van der Waals surface area contributed by atoms with Crippen LogP contribution < -0.4 is 5.32 Å². The summed E-state index contributed by atoms with van der Waals surface area (Å²) in [5.41, 5.74) is 2.36. The number of nitrogens with zero attached hydrogens (tertiary/aromatic N) is 1. The highest BCUT2D eigenvalue weighted by atomic mass is 79.9. The van der Waals surface area contributed by atoms with Gasteiger partial charge in [0.1, 0.15) is 0 Å². The Balaban J connectivity index is 1.80. The molecule has 2 aromatic carbocycles. The van der Waals surface area contributed by atoms with E-state index in [4.69, 9.17) is 23.2 Å². The van der Waals surface area contributed by atoms with Gasteiger partial charge in [-0.1, -0.05) is 35.3 Å². The number of nitrogens with one attached hydrogen (secondary N) is 1. The van der Waals surface area contributed by atoms with Gasteiger partial charge in [0.2, 0.25) is 0 Å². The van der Waals surface area contributed by atoms with Gasteiger partial charge < -0.3 is 0 Å². The summed E-state index contributed by atoms with van der Waals surface area (Å²) in [6.45, 7) is 1.92. The number of amides is 1. The molecule has 0 bridgehead atoms. The second-order valence-electron chi connectivity index (χ2n) is 5.37. The Morgan fingerprint density at radius 1 is 1.24 bits per heavy atom. The molecule has 0 radical (unpaired) electrons. The molecular weight excluding hydrogens is 443 g/mol. The molecule has 1 aromatic heterocycles. The first kappa shape index (κ1) is 18.4. The average molecular weight is 456 g/mol. The Labute approximate surface area is 168 Å². The lowest BCUT2D eigenvalue weighted by atomic mass is 10.1. The maximum Gasteiger partial charge on any atom is 0.258 e. The molecule has 128 valence electrons. The van der Waals surface area contributed by atoms with Crippen molar-refractivity contribution in [1.29, 1.82) is 0 Å². The number of thiazole rings is 1. The van der Waals surface area contributed by atoms with Crippen LogP contribution in [0.15, 0.2) is 46.9 Å². The van der Waals surface area contributed by atoms with E-state index in [1.54, 1.807) is 18.2 Å². The topological polar surface area (TPSA) is 42.0 Å². The Morgan fingerprint density at radius 3 is 2.76 bits per heavy atom. The van der Waals surface area contributed by atoms with Crippen molar-refractivity contribution in [3.05, 3.63) is 78.7 Å². The summed E-state index contributed by atoms with van der Waals surface area (Å²) in [7, 11) is 0. The van der Waals surface area contributed by atoms with Gasteiger partial charge in [-0.2, -0.15) is 0 Å². The largest absolute Gasteiger partial charge is 0.298 e. The van der Waals surface area contributed by atoms with Gasteiger partial charge in [-0.15, -0.1) is 11.3 Å². The molecule has 1 amide bonds. The van der Waals surface area contributed by atoms with Gasteiger partial charge in [-0.05, 0) is 58.7 Å². The standard InChI is InChI=1S/C18H13BrCl2N2OS/c1-10-16(9-11-8-12(20)6-7-15(11)21)25-18(22-10)23-17(24)13-4-2-3-5-14(13)19/h2-8H,9H2,1H3,(H,22,23,24). The SMILES string of the molecule is Cc1nc(NC(=O)c2ccccc2Br)sc1Cc1cc(Cl)ccc1Cl. The minimum atomic E-state index is -0.200. The third-order valence-electron chi connectivity index (χ3n) is 3.59. The predicted octanol–water partition coefficient (Wildman–Crippen LogP) is 6.36. The van der Waals surface area contributed by atoms with Crippen molar-refractivity contribution in [2.24, 2.45) is 0 Å². The number of carbonyl (C=O) groups excluding carboxylic acids is 1. The lowest BCUT2D eigenvalue weighted by Gasteiger charge is -2.04. The zero-order valence-corrected chi connectivity index (χ0v) is 17.1. The molecule has 0 saturated carbocycles. The Hall–Kier alpha value is -1.40. The van der Waals surface area contributed by atoms with Gasteiger partial charge in [-0.25, -0.2) is 4.98 Å². The van der Waals surface area contributed by atoms with Crippen LogP contribution in [0.4, 0.5) is 5.13 Å². The van der Waals surface area contributed by atoms with Crippen molar-refractivity contribution < 1.29 is 4.79 Å². The van der Waals surface area contributed by atoms with E-state index in [2.05, 4.69) is 26.2 Å². The molecule has 0 unspecified atom stereocenters. The second kappa shape index (κ2) is 7.87. The average Bonchev–Trinajstić information content (AvgIpc) is 2.90. The maximum atomic E-state index is 12.4. The fourth-order valence-corrected chi connectivity index (χ4v) is 4.13. The molecule has 3 rings (SSSR count). The molecule has 0 aliphatic heterocycles. The van der Waals surface area contributed by atoms with Gasteiger partial charge in [-0.3, -0.25) is 10.1 Å². The predicted molar refractivity (Wildman–Crippen MR) is 108 cm³/mol. The van der Waals surface area contributed by atoms with Crippen LogP contribution in [-0.4, -0.2) is 10.9 Å². The molecule has 0 aliphatic carbocycles. The molecule has 0 saturated heterocycles. The van der Waals surface area contributed by atoms with E-state index in [0.717, 1.165) is 20.6 Å². The van der Waals surface area contributed by atoms with Crippen molar-refractivity contribution >= 4 is 61.5 Å². The van der Waals surface area contributed by atoms with Crippen molar-refractivity contribution in [3.63, 3.8) is 0 Å². The van der Waals surface area contributed by atoms with E-state index < -0.39 is 0 Å². The number of benzene rings is 2. The van der Waals surface area contributed by atoms with E-state index >= 15 is 0 Å². The molecule has 7 heteroatoms. The summed E-state index contributed by atoms with van der Waals surface area (Å²) >= 11 is 17.1. The first-order valence-corrected chi connectivity index (χ1v) is 9.76. The van der Waals surface area contributed by atoms with Crippen molar-refractivity contribution in [2.45, 2.75) is 13.3 Å². The summed E-state index contributed by atoms with van der Waals surface area (Å²) in [6.07, 6.45) is 0.619. The maximum absolute atomic E-state index is 12.4. The fourth-order valence-electron chi connectivity index (χ4n) is 2.31. The van der Waals surface area contributed by atoms with Crippen molar-refractivity contribution in [1.82, 2.24) is 4.98 Å². The van der Waals surface area contributed by atoms with Crippen LogP contribution >= 0.6 is 50.5 Å². The van der Waals surface area contributed by atoms with Crippen LogP contribution in [0.2, 0.25) is 10.0 Å². The minimum absolute atomic E-state index is 0.200. The summed E-state index contributed by atoms with van der Waals surface area (Å²) in [4.78, 5) is 17.9. The summed E-state index contributed by atoms with van der Waals surface area (Å²) in [6, 6.07) is 12.7. The Bertz CT molecular complexity index is 943. The number of anilines is 1. The number of halogens is 3. The summed E-state index contributed by atoms with van der Waals surface area (Å²) in [5.74, 6) is -0.200. The number of aromatic nitrogens is 1. The van der Waals surface area contributed by atoms with Gasteiger partial charge in [0.15, 0.2) is 5.13 Å².